The van der Waals surface area contributed by atoms with Gasteiger partial charge in [0.2, 0.25) is 5.78 Å². The summed E-state index contributed by atoms with van der Waals surface area (Å²) in [5, 5.41) is -6.54. The Balaban J connectivity index is 1.77. The minimum Gasteiger partial charge on any atom is -0.343 e. The van der Waals surface area contributed by atoms with E-state index in [1.54, 1.807) is 18.2 Å². The normalized spacial score (nSPS) is 20.5. The largest absolute Gasteiger partial charge is 0.438 e. The van der Waals surface area contributed by atoms with Gasteiger partial charge >= 0.3 is 27.2 Å². The molecule has 0 saturated carbocycles. The number of hydrogen-bond donors (Lipinski definition) is 0. The number of piperidine rings is 1. The highest BCUT2D eigenvalue weighted by Crippen LogP contribution is 2.50. The monoisotopic (exact) mass is 561 g/mol. The number of nitrogens with zero attached hydrogens (tertiary/aromatic N) is 1. The van der Waals surface area contributed by atoms with Crippen LogP contribution >= 0.6 is 0 Å². The Kier molecular flexibility index (Phi) is 8.74. The molecule has 2 heterocycles. The van der Waals surface area contributed by atoms with E-state index in [4.69, 9.17) is 9.47 Å². The number of hydrogen-bond acceptors (Lipinski definition) is 8. The van der Waals surface area contributed by atoms with Crippen molar-refractivity contribution in [2.24, 2.45) is 0 Å². The average molecular weight is 561 g/mol. The number of carbonyl (C=O) groups is 2. The molecule has 1 aromatic carbocycles. The van der Waals surface area contributed by atoms with E-state index in [9.17, 15) is 44.3 Å². The lowest BCUT2D eigenvalue weighted by atomic mass is 9.98. The van der Waals surface area contributed by atoms with E-state index in [-0.39, 0.29) is 32.6 Å². The molecule has 0 spiro atoms. The molecule has 1 unspecified atom stereocenters. The number of benzene rings is 1. The zero-order chi connectivity index (χ0) is 27.5. The van der Waals surface area contributed by atoms with Gasteiger partial charge in [-0.25, -0.2) is 0 Å². The number of ether oxygens (including phenoxy) is 2. The Bertz CT molecular complexity index is 1060. The van der Waals surface area contributed by atoms with Crippen LogP contribution in [0, 0.1) is 0 Å². The molecule has 2 aliphatic rings. The minimum atomic E-state index is -6.75. The average Bonchev–Trinajstić information content (AvgIpc) is 3.35. The van der Waals surface area contributed by atoms with Gasteiger partial charge < -0.3 is 14.3 Å². The van der Waals surface area contributed by atoms with Crippen LogP contribution in [0.2, 0.25) is 0 Å². The summed E-state index contributed by atoms with van der Waals surface area (Å²) >= 11 is 0. The van der Waals surface area contributed by atoms with Gasteiger partial charge in [0, 0.05) is 12.0 Å². The lowest BCUT2D eigenvalue weighted by Crippen LogP contribution is -2.64. The molecule has 3 rings (SSSR count). The molecule has 8 nitrogen and oxygen atoms in total. The summed E-state index contributed by atoms with van der Waals surface area (Å²) in [6.45, 7) is -1.28. The summed E-state index contributed by atoms with van der Waals surface area (Å²) in [5.41, 5.74) is 0.348. The fourth-order valence-corrected chi connectivity index (χ4v) is 5.05. The van der Waals surface area contributed by atoms with Crippen LogP contribution in [-0.4, -0.2) is 81.4 Å². The first kappa shape index (κ1) is 29.5. The molecule has 2 fully saturated rings. The van der Waals surface area contributed by atoms with Gasteiger partial charge in [-0.2, -0.15) is 34.8 Å². The molecule has 15 heteroatoms. The van der Waals surface area contributed by atoms with Gasteiger partial charge in [0.1, 0.15) is 12.3 Å². The molecule has 0 bridgehead atoms. The van der Waals surface area contributed by atoms with Crippen molar-refractivity contribution in [1.82, 2.24) is 4.90 Å². The molecule has 1 aromatic rings. The fraction of sp³-hybridized carbons (Fsp3) is 0.636. The van der Waals surface area contributed by atoms with Crippen molar-refractivity contribution in [3.63, 3.8) is 0 Å². The molecule has 0 amide bonds. The predicted molar refractivity (Wildman–Crippen MR) is 115 cm³/mol. The van der Waals surface area contributed by atoms with Gasteiger partial charge in [-0.3, -0.25) is 13.9 Å². The Morgan fingerprint density at radius 3 is 2.14 bits per heavy atom. The smallest absolute Gasteiger partial charge is 0.343 e. The second kappa shape index (κ2) is 11.0. The first-order chi connectivity index (χ1) is 17.2. The van der Waals surface area contributed by atoms with Crippen molar-refractivity contribution < 1.29 is 58.0 Å². The molecule has 2 saturated heterocycles. The quantitative estimate of drug-likeness (QED) is 0.166. The molecule has 208 valence electrons. The Morgan fingerprint density at radius 1 is 1.03 bits per heavy atom. The molecule has 0 N–H and O–H groups in total. The molecule has 37 heavy (non-hydrogen) atoms. The fourth-order valence-electron chi connectivity index (χ4n) is 4.15. The first-order valence-corrected chi connectivity index (χ1v) is 12.7. The maximum absolute atomic E-state index is 14.5. The third kappa shape index (κ3) is 5.41. The number of carbonyl (C=O) groups excluding carboxylic acids is 2. The van der Waals surface area contributed by atoms with E-state index in [0.29, 0.717) is 24.8 Å². The van der Waals surface area contributed by atoms with Crippen LogP contribution in [0.1, 0.15) is 31.2 Å². The number of rotatable bonds is 12. The van der Waals surface area contributed by atoms with Gasteiger partial charge in [0.05, 0.1) is 19.8 Å². The highest BCUT2D eigenvalue weighted by molar-refractivity contribution is 7.87. The van der Waals surface area contributed by atoms with Crippen LogP contribution in [0.3, 0.4) is 0 Å². The van der Waals surface area contributed by atoms with Gasteiger partial charge in [-0.15, -0.1) is 0 Å². The van der Waals surface area contributed by atoms with Gasteiger partial charge in [0.25, 0.3) is 0 Å². The SMILES string of the molecule is O=CC(C(=O)C(F)(F)C(F)(F)C(F)(F)S(=O)(=O)OCCC1(c2ccccc2)OCCO1)N1CCCCC1. The van der Waals surface area contributed by atoms with Crippen LogP contribution in [-0.2, 0) is 39.2 Å². The summed E-state index contributed by atoms with van der Waals surface area (Å²) in [7, 11) is -6.72. The Labute approximate surface area is 209 Å². The molecule has 0 radical (unpaired) electrons. The predicted octanol–water partition coefficient (Wildman–Crippen LogP) is 3.11. The number of likely N-dealkylation sites (tertiary alicyclic amines) is 1. The van der Waals surface area contributed by atoms with Crippen LogP contribution in [0.25, 0.3) is 0 Å². The highest BCUT2D eigenvalue weighted by Gasteiger charge is 2.81. The van der Waals surface area contributed by atoms with Crippen molar-refractivity contribution in [3.8, 4) is 0 Å². The van der Waals surface area contributed by atoms with Gasteiger partial charge in [-0.1, -0.05) is 36.8 Å². The van der Waals surface area contributed by atoms with E-state index < -0.39 is 57.9 Å². The van der Waals surface area contributed by atoms with E-state index >= 15 is 0 Å². The molecule has 0 aromatic heterocycles. The molecule has 2 aliphatic heterocycles. The second-order valence-electron chi connectivity index (χ2n) is 8.55. The van der Waals surface area contributed by atoms with Gasteiger partial charge in [0.15, 0.2) is 5.79 Å². The zero-order valence-corrected chi connectivity index (χ0v) is 20.2. The van der Waals surface area contributed by atoms with Crippen LogP contribution in [0.5, 0.6) is 0 Å². The van der Waals surface area contributed by atoms with E-state index in [1.165, 1.54) is 12.1 Å². The third-order valence-corrected chi connectivity index (χ3v) is 7.56. The van der Waals surface area contributed by atoms with Crippen molar-refractivity contribution in [3.05, 3.63) is 35.9 Å². The summed E-state index contributed by atoms with van der Waals surface area (Å²) in [6, 6.07) is 5.36. The minimum absolute atomic E-state index is 0.0408. The van der Waals surface area contributed by atoms with Crippen molar-refractivity contribution in [2.45, 2.75) is 54.6 Å². The summed E-state index contributed by atoms with van der Waals surface area (Å²) < 4.78 is 126. The third-order valence-electron chi connectivity index (χ3n) is 6.20. The number of halogens is 6. The maximum Gasteiger partial charge on any atom is 0.438 e. The van der Waals surface area contributed by atoms with E-state index in [0.717, 1.165) is 4.90 Å². The second-order valence-corrected chi connectivity index (χ2v) is 10.2. The number of alkyl halides is 6. The first-order valence-electron chi connectivity index (χ1n) is 11.3. The highest BCUT2D eigenvalue weighted by atomic mass is 32.2. The van der Waals surface area contributed by atoms with Crippen molar-refractivity contribution in [1.29, 1.82) is 0 Å². The Morgan fingerprint density at radius 2 is 1.59 bits per heavy atom. The van der Waals surface area contributed by atoms with E-state index in [2.05, 4.69) is 4.18 Å². The summed E-state index contributed by atoms with van der Waals surface area (Å²) in [6.07, 6.45) is 0.407. The van der Waals surface area contributed by atoms with Crippen LogP contribution < -0.4 is 0 Å². The number of Topliss-reactive ketones (excluding diaryl/α,β-unsaturated/α-hetero) is 1. The topological polar surface area (TPSA) is 99.2 Å². The number of aldehydes is 1. The number of ketones is 1. The standard InChI is InChI=1S/C22H25F6NO7S/c23-20(24,18(31)17(15-30)29-10-5-2-6-11-29)21(25,26)22(27,28)37(32,33)36-12-9-19(34-13-14-35-19)16-7-3-1-4-8-16/h1,3-4,7-8,15,17H,2,5-6,9-14H2. The summed E-state index contributed by atoms with van der Waals surface area (Å²) in [5.74, 6) is -17.4. The molecule has 0 aliphatic carbocycles. The zero-order valence-electron chi connectivity index (χ0n) is 19.4. The molecular formula is C22H25F6NO7S. The lowest BCUT2D eigenvalue weighted by molar-refractivity contribution is -0.271. The Hall–Kier alpha value is -2.07. The molecule has 1 atom stereocenters. The van der Waals surface area contributed by atoms with Crippen molar-refractivity contribution in [2.75, 3.05) is 32.9 Å². The van der Waals surface area contributed by atoms with Crippen LogP contribution in [0.4, 0.5) is 26.3 Å². The maximum atomic E-state index is 14.5. The molecular weight excluding hydrogens is 536 g/mol. The van der Waals surface area contributed by atoms with E-state index in [1.807, 2.05) is 0 Å². The van der Waals surface area contributed by atoms with Gasteiger partial charge in [-0.05, 0) is 25.9 Å². The summed E-state index contributed by atoms with van der Waals surface area (Å²) in [4.78, 5) is 24.3. The van der Waals surface area contributed by atoms with Crippen molar-refractivity contribution >= 4 is 22.2 Å². The van der Waals surface area contributed by atoms with Crippen LogP contribution in [0.15, 0.2) is 30.3 Å². The lowest BCUT2D eigenvalue weighted by Gasteiger charge is -2.35.